The largest absolute Gasteiger partial charge is 0.297 e. The lowest BCUT2D eigenvalue weighted by atomic mass is 9.74. The molecule has 1 unspecified atom stereocenters. The SMILES string of the molecule is C/C=C1\CCCC(=O)C12CCCN2CCC. The van der Waals surface area contributed by atoms with Crippen LogP contribution < -0.4 is 0 Å². The van der Waals surface area contributed by atoms with Crippen molar-refractivity contribution >= 4 is 5.78 Å². The lowest BCUT2D eigenvalue weighted by molar-refractivity contribution is -0.129. The van der Waals surface area contributed by atoms with Crippen LogP contribution in [0, 0.1) is 0 Å². The van der Waals surface area contributed by atoms with E-state index in [1.165, 1.54) is 12.0 Å². The Morgan fingerprint density at radius 2 is 2.19 bits per heavy atom. The molecule has 0 aromatic heterocycles. The highest BCUT2D eigenvalue weighted by Gasteiger charge is 2.49. The van der Waals surface area contributed by atoms with Crippen LogP contribution in [0.3, 0.4) is 0 Å². The van der Waals surface area contributed by atoms with Crippen LogP contribution in [0.5, 0.6) is 0 Å². The van der Waals surface area contributed by atoms with E-state index in [1.54, 1.807) is 0 Å². The molecule has 0 radical (unpaired) electrons. The molecule has 2 fully saturated rings. The van der Waals surface area contributed by atoms with Crippen LogP contribution in [-0.2, 0) is 4.79 Å². The molecule has 0 amide bonds. The van der Waals surface area contributed by atoms with Gasteiger partial charge < -0.3 is 0 Å². The van der Waals surface area contributed by atoms with Crippen molar-refractivity contribution in [1.82, 2.24) is 4.90 Å². The summed E-state index contributed by atoms with van der Waals surface area (Å²) in [6, 6.07) is 0. The fourth-order valence-electron chi connectivity index (χ4n) is 3.54. The Kier molecular flexibility index (Phi) is 3.48. The average Bonchev–Trinajstić information content (AvgIpc) is 2.68. The molecule has 0 bridgehead atoms. The van der Waals surface area contributed by atoms with Gasteiger partial charge in [0, 0.05) is 6.42 Å². The summed E-state index contributed by atoms with van der Waals surface area (Å²) in [5.74, 6) is 0.484. The van der Waals surface area contributed by atoms with E-state index in [2.05, 4.69) is 24.8 Å². The second-order valence-electron chi connectivity index (χ2n) is 5.04. The number of hydrogen-bond donors (Lipinski definition) is 0. The summed E-state index contributed by atoms with van der Waals surface area (Å²) < 4.78 is 0. The third kappa shape index (κ3) is 1.64. The van der Waals surface area contributed by atoms with E-state index in [0.717, 1.165) is 45.2 Å². The van der Waals surface area contributed by atoms with Crippen LogP contribution in [-0.4, -0.2) is 29.3 Å². The molecule has 1 saturated heterocycles. The highest BCUT2D eigenvalue weighted by Crippen LogP contribution is 2.42. The zero-order valence-corrected chi connectivity index (χ0v) is 10.6. The van der Waals surface area contributed by atoms with E-state index in [4.69, 9.17) is 0 Å². The topological polar surface area (TPSA) is 20.3 Å². The molecule has 1 heterocycles. The molecular weight excluding hydrogens is 198 g/mol. The number of likely N-dealkylation sites (tertiary alicyclic amines) is 1. The second kappa shape index (κ2) is 4.70. The minimum atomic E-state index is -0.178. The van der Waals surface area contributed by atoms with Gasteiger partial charge in [-0.25, -0.2) is 0 Å². The molecular formula is C14H23NO. The van der Waals surface area contributed by atoms with Crippen LogP contribution in [0.4, 0.5) is 0 Å². The Morgan fingerprint density at radius 1 is 1.38 bits per heavy atom. The van der Waals surface area contributed by atoms with Crippen LogP contribution >= 0.6 is 0 Å². The number of rotatable bonds is 2. The standard InChI is InChI=1S/C14H23NO/c1-3-10-15-11-6-9-14(15)12(4-2)7-5-8-13(14)16/h4H,3,5-11H2,1-2H3/b12-4+. The Bertz CT molecular complexity index is 308. The highest BCUT2D eigenvalue weighted by molar-refractivity contribution is 5.93. The van der Waals surface area contributed by atoms with E-state index in [9.17, 15) is 4.79 Å². The van der Waals surface area contributed by atoms with Gasteiger partial charge in [0.05, 0.1) is 0 Å². The summed E-state index contributed by atoms with van der Waals surface area (Å²) in [6.45, 7) is 6.48. The molecule has 1 aliphatic heterocycles. The van der Waals surface area contributed by atoms with Crippen LogP contribution in [0.1, 0.15) is 52.4 Å². The fourth-order valence-corrected chi connectivity index (χ4v) is 3.54. The van der Waals surface area contributed by atoms with Gasteiger partial charge in [0.2, 0.25) is 0 Å². The molecule has 0 aromatic carbocycles. The Labute approximate surface area is 98.7 Å². The van der Waals surface area contributed by atoms with Crippen molar-refractivity contribution in [1.29, 1.82) is 0 Å². The lowest BCUT2D eigenvalue weighted by Gasteiger charge is -2.42. The minimum absolute atomic E-state index is 0.178. The zero-order chi connectivity index (χ0) is 11.6. The highest BCUT2D eigenvalue weighted by atomic mass is 16.1. The van der Waals surface area contributed by atoms with Gasteiger partial charge in [-0.15, -0.1) is 0 Å². The molecule has 2 aliphatic rings. The average molecular weight is 221 g/mol. The number of ketones is 1. The first-order valence-electron chi connectivity index (χ1n) is 6.69. The molecule has 2 heteroatoms. The summed E-state index contributed by atoms with van der Waals surface area (Å²) in [5.41, 5.74) is 1.22. The minimum Gasteiger partial charge on any atom is -0.297 e. The number of hydrogen-bond acceptors (Lipinski definition) is 2. The zero-order valence-electron chi connectivity index (χ0n) is 10.6. The van der Waals surface area contributed by atoms with Crippen LogP contribution in [0.2, 0.25) is 0 Å². The van der Waals surface area contributed by atoms with Crippen molar-refractivity contribution < 1.29 is 4.79 Å². The van der Waals surface area contributed by atoms with Gasteiger partial charge in [-0.2, -0.15) is 0 Å². The normalized spacial score (nSPS) is 34.1. The Balaban J connectivity index is 2.33. The molecule has 16 heavy (non-hydrogen) atoms. The molecule has 2 rings (SSSR count). The van der Waals surface area contributed by atoms with E-state index in [0.29, 0.717) is 5.78 Å². The molecule has 0 N–H and O–H groups in total. The molecule has 1 spiro atoms. The summed E-state index contributed by atoms with van der Waals surface area (Å²) in [4.78, 5) is 14.8. The maximum absolute atomic E-state index is 12.4. The maximum Gasteiger partial charge on any atom is 0.157 e. The first-order valence-corrected chi connectivity index (χ1v) is 6.69. The van der Waals surface area contributed by atoms with E-state index < -0.39 is 0 Å². The van der Waals surface area contributed by atoms with Gasteiger partial charge >= 0.3 is 0 Å². The predicted octanol–water partition coefficient (Wildman–Crippen LogP) is 2.93. The van der Waals surface area contributed by atoms with Crippen molar-refractivity contribution in [3.8, 4) is 0 Å². The molecule has 0 aromatic rings. The number of carbonyl (C=O) groups excluding carboxylic acids is 1. The number of Topliss-reactive ketones (excluding diaryl/α,β-unsaturated/α-hetero) is 1. The van der Waals surface area contributed by atoms with Gasteiger partial charge in [0.1, 0.15) is 5.54 Å². The van der Waals surface area contributed by atoms with E-state index >= 15 is 0 Å². The van der Waals surface area contributed by atoms with Gasteiger partial charge in [0.25, 0.3) is 0 Å². The fraction of sp³-hybridized carbons (Fsp3) is 0.786. The molecule has 1 atom stereocenters. The summed E-state index contributed by atoms with van der Waals surface area (Å²) in [5, 5.41) is 0. The third-order valence-corrected chi connectivity index (χ3v) is 4.19. The van der Waals surface area contributed by atoms with Gasteiger partial charge in [-0.05, 0) is 57.7 Å². The second-order valence-corrected chi connectivity index (χ2v) is 5.04. The summed E-state index contributed by atoms with van der Waals surface area (Å²) in [6.07, 6.45) is 8.56. The molecule has 2 nitrogen and oxygen atoms in total. The van der Waals surface area contributed by atoms with Crippen molar-refractivity contribution in [2.75, 3.05) is 13.1 Å². The summed E-state index contributed by atoms with van der Waals surface area (Å²) in [7, 11) is 0. The molecule has 90 valence electrons. The molecule has 1 saturated carbocycles. The van der Waals surface area contributed by atoms with Gasteiger partial charge in [0.15, 0.2) is 5.78 Å². The van der Waals surface area contributed by atoms with Gasteiger partial charge in [-0.3, -0.25) is 9.69 Å². The maximum atomic E-state index is 12.4. The van der Waals surface area contributed by atoms with Crippen molar-refractivity contribution in [3.63, 3.8) is 0 Å². The Hall–Kier alpha value is -0.630. The van der Waals surface area contributed by atoms with Crippen LogP contribution in [0.25, 0.3) is 0 Å². The predicted molar refractivity (Wildman–Crippen MR) is 66.4 cm³/mol. The summed E-state index contributed by atoms with van der Waals surface area (Å²) >= 11 is 0. The van der Waals surface area contributed by atoms with Crippen molar-refractivity contribution in [2.24, 2.45) is 0 Å². The third-order valence-electron chi connectivity index (χ3n) is 4.19. The molecule has 1 aliphatic carbocycles. The first kappa shape index (κ1) is 11.8. The number of carbonyl (C=O) groups is 1. The van der Waals surface area contributed by atoms with E-state index in [1.807, 2.05) is 0 Å². The van der Waals surface area contributed by atoms with E-state index in [-0.39, 0.29) is 5.54 Å². The Morgan fingerprint density at radius 3 is 2.88 bits per heavy atom. The number of nitrogens with zero attached hydrogens (tertiary/aromatic N) is 1. The van der Waals surface area contributed by atoms with Crippen molar-refractivity contribution in [2.45, 2.75) is 57.9 Å². The van der Waals surface area contributed by atoms with Crippen molar-refractivity contribution in [3.05, 3.63) is 11.6 Å². The first-order chi connectivity index (χ1) is 7.75. The van der Waals surface area contributed by atoms with Crippen LogP contribution in [0.15, 0.2) is 11.6 Å². The monoisotopic (exact) mass is 221 g/mol. The quantitative estimate of drug-likeness (QED) is 0.668. The van der Waals surface area contributed by atoms with Gasteiger partial charge in [-0.1, -0.05) is 13.0 Å². The number of allylic oxidation sites excluding steroid dienone is 1. The smallest absolute Gasteiger partial charge is 0.157 e. The lowest BCUT2D eigenvalue weighted by Crippen LogP contribution is -2.53.